The molecule has 1 nitrogen and oxygen atoms in total. The lowest BCUT2D eigenvalue weighted by Crippen LogP contribution is -1.91. The normalized spacial score (nSPS) is 14.3. The highest BCUT2D eigenvalue weighted by Gasteiger charge is 2.21. The van der Waals surface area contributed by atoms with Crippen molar-refractivity contribution in [2.45, 2.75) is 0 Å². The van der Waals surface area contributed by atoms with Gasteiger partial charge in [-0.25, -0.2) is 0 Å². The van der Waals surface area contributed by atoms with E-state index in [0.717, 1.165) is 65.4 Å². The quantitative estimate of drug-likeness (QED) is 0.204. The van der Waals surface area contributed by atoms with E-state index in [9.17, 15) is 1.37 Å². The number of furan rings is 1. The Morgan fingerprint density at radius 1 is 0.415 bits per heavy atom. The number of fused-ring (bicyclic) bond motifs is 7. The summed E-state index contributed by atoms with van der Waals surface area (Å²) in [7, 11) is 0. The zero-order chi connectivity index (χ0) is 33.0. The Kier molecular flexibility index (Phi) is 3.47. The number of hydrogen-bond donors (Lipinski definition) is 0. The van der Waals surface area contributed by atoms with Gasteiger partial charge in [-0.1, -0.05) is 133 Å². The van der Waals surface area contributed by atoms with Gasteiger partial charge in [0, 0.05) is 21.9 Å². The molecule has 1 aromatic heterocycles. The first-order valence-corrected chi connectivity index (χ1v) is 13.5. The summed E-state index contributed by atoms with van der Waals surface area (Å²) in [6.45, 7) is 0. The van der Waals surface area contributed by atoms with Crippen LogP contribution in [0.15, 0.2) is 150 Å². The Morgan fingerprint density at radius 3 is 1.73 bits per heavy atom. The van der Waals surface area contributed by atoms with Crippen molar-refractivity contribution in [3.8, 4) is 22.3 Å². The predicted molar refractivity (Wildman–Crippen MR) is 175 cm³/mol. The van der Waals surface area contributed by atoms with Crippen LogP contribution >= 0.6 is 0 Å². The molecule has 41 heavy (non-hydrogen) atoms. The van der Waals surface area contributed by atoms with Crippen LogP contribution < -0.4 is 0 Å². The number of para-hydroxylation sites is 1. The molecule has 0 fully saturated rings. The fourth-order valence-corrected chi connectivity index (χ4v) is 6.37. The average molecular weight is 528 g/mol. The molecule has 8 aromatic carbocycles. The molecule has 9 rings (SSSR count). The van der Waals surface area contributed by atoms with Gasteiger partial charge in [0.05, 0.1) is 9.60 Å². The fraction of sp³-hybridized carbons (Fsp3) is 0. The van der Waals surface area contributed by atoms with Crippen LogP contribution in [0.4, 0.5) is 0 Å². The highest BCUT2D eigenvalue weighted by atomic mass is 16.3. The summed E-state index contributed by atoms with van der Waals surface area (Å²) in [5, 5.41) is 7.47. The van der Waals surface area contributed by atoms with Gasteiger partial charge in [-0.15, -0.1) is 0 Å². The lowest BCUT2D eigenvalue weighted by molar-refractivity contribution is 0.670. The van der Waals surface area contributed by atoms with Gasteiger partial charge in [0.2, 0.25) is 0 Å². The van der Waals surface area contributed by atoms with E-state index in [1.807, 2.05) is 66.7 Å². The second-order valence-corrected chi connectivity index (χ2v) is 10.3. The summed E-state index contributed by atoms with van der Waals surface area (Å²) in [5.74, 6) is 0. The zero-order valence-corrected chi connectivity index (χ0v) is 21.7. The van der Waals surface area contributed by atoms with Gasteiger partial charge in [0.1, 0.15) is 11.2 Å². The Hall–Kier alpha value is -5.40. The molecule has 9 aromatic rings. The Morgan fingerprint density at radius 2 is 1.00 bits per heavy atom. The molecule has 0 saturated heterocycles. The van der Waals surface area contributed by atoms with Crippen LogP contribution in [-0.2, 0) is 0 Å². The van der Waals surface area contributed by atoms with Gasteiger partial charge in [0.15, 0.2) is 0 Å². The molecule has 0 atom stereocenters. The average Bonchev–Trinajstić information content (AvgIpc) is 3.48. The smallest absolute Gasteiger partial charge is 0.143 e. The van der Waals surface area contributed by atoms with Crippen molar-refractivity contribution in [1.82, 2.24) is 0 Å². The van der Waals surface area contributed by atoms with Crippen molar-refractivity contribution in [1.29, 1.82) is 0 Å². The van der Waals surface area contributed by atoms with Gasteiger partial charge in [-0.2, -0.15) is 0 Å². The van der Waals surface area contributed by atoms with E-state index in [2.05, 4.69) is 36.4 Å². The SMILES string of the molecule is [2H]c1c([2H])c([2H])c2c(-c3c4ccccc4c(-c4cccc5c4oc4cc6ccccc6cc45)c4ccccc34)c([2H])c([2H])c([2H])c2c1[2H]. The van der Waals surface area contributed by atoms with Crippen molar-refractivity contribution < 1.29 is 14.0 Å². The molecule has 1 heteroatoms. The van der Waals surface area contributed by atoms with Crippen molar-refractivity contribution in [3.05, 3.63) is 145 Å². The van der Waals surface area contributed by atoms with Crippen LogP contribution in [0.25, 0.3) is 87.3 Å². The third kappa shape index (κ3) is 3.24. The summed E-state index contributed by atoms with van der Waals surface area (Å²) < 4.78 is 67.7. The van der Waals surface area contributed by atoms with E-state index in [1.54, 1.807) is 0 Å². The Bertz CT molecular complexity index is 2810. The van der Waals surface area contributed by atoms with Gasteiger partial charge >= 0.3 is 0 Å². The molecule has 0 bridgehead atoms. The molecule has 0 saturated carbocycles. The lowest BCUT2D eigenvalue weighted by atomic mass is 9.84. The van der Waals surface area contributed by atoms with Crippen LogP contribution in [0, 0.1) is 0 Å². The summed E-state index contributed by atoms with van der Waals surface area (Å²) in [5.41, 5.74) is 4.16. The largest absolute Gasteiger partial charge is 0.455 e. The van der Waals surface area contributed by atoms with Gasteiger partial charge in [0.25, 0.3) is 0 Å². The molecule has 190 valence electrons. The Balaban J connectivity index is 1.47. The first-order chi connectivity index (χ1) is 23.3. The molecule has 0 aliphatic heterocycles. The fourth-order valence-electron chi connectivity index (χ4n) is 6.37. The minimum Gasteiger partial charge on any atom is -0.455 e. The molecule has 0 radical (unpaired) electrons. The number of benzene rings is 8. The number of hydrogen-bond acceptors (Lipinski definition) is 1. The van der Waals surface area contributed by atoms with Gasteiger partial charge < -0.3 is 4.42 Å². The topological polar surface area (TPSA) is 13.1 Å². The highest BCUT2D eigenvalue weighted by molar-refractivity contribution is 6.26. The van der Waals surface area contributed by atoms with Crippen molar-refractivity contribution in [3.63, 3.8) is 0 Å². The van der Waals surface area contributed by atoms with Crippen LogP contribution in [0.5, 0.6) is 0 Å². The standard InChI is InChI=1S/C40H24O/c1-2-13-27-24-37-36(23-26(27)12-1)34-21-10-22-35(40(34)41-37)39-32-18-7-5-16-30(32)38(31-17-6-8-19-33(31)39)29-20-9-14-25-11-3-4-15-28(25)29/h1-24H/i3D,4D,9D,11D,14D,15D,20D. The maximum absolute atomic E-state index is 9.17. The third-order valence-corrected chi connectivity index (χ3v) is 8.13. The highest BCUT2D eigenvalue weighted by Crippen LogP contribution is 2.47. The summed E-state index contributed by atoms with van der Waals surface area (Å²) >= 11 is 0. The van der Waals surface area contributed by atoms with E-state index in [1.165, 1.54) is 0 Å². The number of rotatable bonds is 2. The van der Waals surface area contributed by atoms with E-state index in [0.29, 0.717) is 5.56 Å². The monoisotopic (exact) mass is 527 g/mol. The molecule has 0 amide bonds. The first kappa shape index (κ1) is 16.6. The zero-order valence-electron chi connectivity index (χ0n) is 28.7. The molecule has 0 unspecified atom stereocenters. The van der Waals surface area contributed by atoms with Gasteiger partial charge in [-0.3, -0.25) is 0 Å². The second kappa shape index (κ2) is 8.55. The molecule has 0 aliphatic rings. The molecular formula is C40H24O. The van der Waals surface area contributed by atoms with E-state index >= 15 is 0 Å². The van der Waals surface area contributed by atoms with Crippen LogP contribution in [-0.4, -0.2) is 0 Å². The maximum atomic E-state index is 9.17. The van der Waals surface area contributed by atoms with Crippen molar-refractivity contribution in [2.75, 3.05) is 0 Å². The second-order valence-electron chi connectivity index (χ2n) is 10.3. The first-order valence-electron chi connectivity index (χ1n) is 17.0. The summed E-state index contributed by atoms with van der Waals surface area (Å²) in [6, 6.07) is 31.5. The summed E-state index contributed by atoms with van der Waals surface area (Å²) in [6.07, 6.45) is 0. The maximum Gasteiger partial charge on any atom is 0.143 e. The van der Waals surface area contributed by atoms with Crippen LogP contribution in [0.3, 0.4) is 0 Å². The molecule has 1 heterocycles. The Labute approximate surface area is 246 Å². The predicted octanol–water partition coefficient (Wildman–Crippen LogP) is 11.5. The van der Waals surface area contributed by atoms with Crippen molar-refractivity contribution >= 4 is 65.0 Å². The minimum absolute atomic E-state index is 0.0614. The van der Waals surface area contributed by atoms with Gasteiger partial charge in [-0.05, 0) is 66.3 Å². The van der Waals surface area contributed by atoms with Crippen molar-refractivity contribution in [2.24, 2.45) is 0 Å². The lowest BCUT2D eigenvalue weighted by Gasteiger charge is -2.18. The molecular weight excluding hydrogens is 496 g/mol. The molecule has 0 aliphatic carbocycles. The van der Waals surface area contributed by atoms with E-state index in [-0.39, 0.29) is 46.5 Å². The van der Waals surface area contributed by atoms with Crippen LogP contribution in [0.2, 0.25) is 0 Å². The van der Waals surface area contributed by atoms with Crippen LogP contribution in [0.1, 0.15) is 9.60 Å². The summed E-state index contributed by atoms with van der Waals surface area (Å²) in [4.78, 5) is 0. The molecule has 0 N–H and O–H groups in total. The van der Waals surface area contributed by atoms with E-state index < -0.39 is 12.1 Å². The minimum atomic E-state index is -0.471. The van der Waals surface area contributed by atoms with E-state index in [4.69, 9.17) is 12.6 Å². The molecule has 0 spiro atoms. The third-order valence-electron chi connectivity index (χ3n) is 8.13.